The normalized spacial score (nSPS) is 11.2. The lowest BCUT2D eigenvalue weighted by molar-refractivity contribution is -0.129. The Morgan fingerprint density at radius 1 is 1.19 bits per heavy atom. The van der Waals surface area contributed by atoms with Gasteiger partial charge in [-0.25, -0.2) is 9.97 Å². The molecule has 1 N–H and O–H groups in total. The molecule has 0 aliphatic carbocycles. The van der Waals surface area contributed by atoms with Crippen LogP contribution in [0.25, 0.3) is 11.0 Å². The summed E-state index contributed by atoms with van der Waals surface area (Å²) in [5.74, 6) is 0.962. The number of rotatable bonds is 5. The number of amides is 1. The van der Waals surface area contributed by atoms with E-state index in [4.69, 9.17) is 0 Å². The lowest BCUT2D eigenvalue weighted by Crippen LogP contribution is -2.25. The van der Waals surface area contributed by atoms with E-state index in [0.717, 1.165) is 28.0 Å². The van der Waals surface area contributed by atoms with Crippen molar-refractivity contribution >= 4 is 28.4 Å². The van der Waals surface area contributed by atoms with Crippen molar-refractivity contribution < 1.29 is 4.79 Å². The largest absolute Gasteiger partial charge is 0.347 e. The molecule has 136 valence electrons. The molecule has 0 aliphatic heterocycles. The molecule has 0 unspecified atom stereocenters. The molecule has 7 nitrogen and oxygen atoms in total. The van der Waals surface area contributed by atoms with Gasteiger partial charge in [-0.1, -0.05) is 13.8 Å². The molecular weight excluding hydrogens is 328 g/mol. The van der Waals surface area contributed by atoms with Crippen LogP contribution >= 0.6 is 0 Å². The van der Waals surface area contributed by atoms with E-state index in [1.165, 1.54) is 0 Å². The Balaban J connectivity index is 2.01. The first-order chi connectivity index (χ1) is 12.4. The van der Waals surface area contributed by atoms with Crippen molar-refractivity contribution in [1.82, 2.24) is 24.4 Å². The molecule has 0 atom stereocenters. The van der Waals surface area contributed by atoms with Gasteiger partial charge < -0.3 is 14.8 Å². The Bertz CT molecular complexity index is 944. The molecule has 3 aromatic heterocycles. The zero-order valence-corrected chi connectivity index (χ0v) is 15.8. The van der Waals surface area contributed by atoms with Gasteiger partial charge in [-0.05, 0) is 30.5 Å². The van der Waals surface area contributed by atoms with E-state index in [1.54, 1.807) is 31.5 Å². The average Bonchev–Trinajstić information content (AvgIpc) is 3.00. The Hall–Kier alpha value is -2.96. The molecule has 3 aromatic rings. The predicted octanol–water partition coefficient (Wildman–Crippen LogP) is 3.09. The number of carbonyl (C=O) groups is 1. The second-order valence-electron chi connectivity index (χ2n) is 6.86. The second kappa shape index (κ2) is 7.11. The summed E-state index contributed by atoms with van der Waals surface area (Å²) >= 11 is 0. The maximum atomic E-state index is 12.0. The van der Waals surface area contributed by atoms with E-state index in [0.29, 0.717) is 5.82 Å². The number of hydrogen-bond acceptors (Lipinski definition) is 5. The fraction of sp³-hybridized carbons (Fsp3) is 0.368. The predicted molar refractivity (Wildman–Crippen MR) is 103 cm³/mol. The summed E-state index contributed by atoms with van der Waals surface area (Å²) < 4.78 is 1.84. The van der Waals surface area contributed by atoms with E-state index in [1.807, 2.05) is 29.8 Å². The third-order valence-electron chi connectivity index (χ3n) is 4.32. The summed E-state index contributed by atoms with van der Waals surface area (Å²) in [5, 5.41) is 3.41. The molecule has 0 radical (unpaired) electrons. The summed E-state index contributed by atoms with van der Waals surface area (Å²) in [5.41, 5.74) is 4.65. The zero-order chi connectivity index (χ0) is 18.8. The summed E-state index contributed by atoms with van der Waals surface area (Å²) in [6.07, 6.45) is 5.23. The van der Waals surface area contributed by atoms with Crippen molar-refractivity contribution in [2.45, 2.75) is 33.2 Å². The lowest BCUT2D eigenvalue weighted by Gasteiger charge is -2.16. The number of fused-ring (bicyclic) bond motifs is 1. The van der Waals surface area contributed by atoms with Crippen molar-refractivity contribution in [2.24, 2.45) is 0 Å². The third kappa shape index (κ3) is 3.37. The van der Waals surface area contributed by atoms with Gasteiger partial charge in [0.25, 0.3) is 0 Å². The number of pyridine rings is 2. The highest BCUT2D eigenvalue weighted by Gasteiger charge is 2.15. The highest BCUT2D eigenvalue weighted by atomic mass is 16.2. The summed E-state index contributed by atoms with van der Waals surface area (Å²) in [6, 6.07) is 3.85. The van der Waals surface area contributed by atoms with Crippen LogP contribution in [0, 0.1) is 6.92 Å². The van der Waals surface area contributed by atoms with Gasteiger partial charge in [0.2, 0.25) is 5.91 Å². The first-order valence-corrected chi connectivity index (χ1v) is 8.61. The van der Waals surface area contributed by atoms with Crippen molar-refractivity contribution in [3.05, 3.63) is 42.1 Å². The molecule has 0 saturated carbocycles. The maximum absolute atomic E-state index is 12.0. The fourth-order valence-electron chi connectivity index (χ4n) is 2.80. The molecule has 0 aliphatic rings. The molecule has 3 heterocycles. The van der Waals surface area contributed by atoms with E-state index in [9.17, 15) is 4.79 Å². The van der Waals surface area contributed by atoms with E-state index in [-0.39, 0.29) is 18.4 Å². The van der Waals surface area contributed by atoms with Crippen LogP contribution in [0.2, 0.25) is 0 Å². The highest BCUT2D eigenvalue weighted by Crippen LogP contribution is 2.30. The van der Waals surface area contributed by atoms with Gasteiger partial charge >= 0.3 is 0 Å². The van der Waals surface area contributed by atoms with Gasteiger partial charge in [-0.3, -0.25) is 9.78 Å². The van der Waals surface area contributed by atoms with Crippen LogP contribution in [0.4, 0.5) is 11.5 Å². The molecule has 0 fully saturated rings. The van der Waals surface area contributed by atoms with Crippen LogP contribution in [0.3, 0.4) is 0 Å². The van der Waals surface area contributed by atoms with Crippen LogP contribution in [-0.4, -0.2) is 44.4 Å². The molecule has 26 heavy (non-hydrogen) atoms. The van der Waals surface area contributed by atoms with Crippen LogP contribution in [0.5, 0.6) is 0 Å². The molecule has 0 spiro atoms. The number of nitrogens with zero attached hydrogens (tertiary/aromatic N) is 5. The van der Waals surface area contributed by atoms with E-state index >= 15 is 0 Å². The van der Waals surface area contributed by atoms with Gasteiger partial charge in [0.15, 0.2) is 5.82 Å². The van der Waals surface area contributed by atoms with Crippen molar-refractivity contribution in [1.29, 1.82) is 0 Å². The third-order valence-corrected chi connectivity index (χ3v) is 4.32. The summed E-state index contributed by atoms with van der Waals surface area (Å²) in [7, 11) is 3.49. The quantitative estimate of drug-likeness (QED) is 0.764. The fourth-order valence-corrected chi connectivity index (χ4v) is 2.80. The van der Waals surface area contributed by atoms with Crippen molar-refractivity contribution in [3.8, 4) is 0 Å². The SMILES string of the molecule is Cc1ccnc(C(C)C)c1Nc1nccc2c1ncn2CC(=O)N(C)C. The monoisotopic (exact) mass is 352 g/mol. The number of hydrogen-bond donors (Lipinski definition) is 1. The second-order valence-corrected chi connectivity index (χ2v) is 6.86. The number of aryl methyl sites for hydroxylation is 1. The van der Waals surface area contributed by atoms with Crippen molar-refractivity contribution in [3.63, 3.8) is 0 Å². The van der Waals surface area contributed by atoms with Gasteiger partial charge in [0.1, 0.15) is 12.1 Å². The Kier molecular flexibility index (Phi) is 4.88. The first-order valence-electron chi connectivity index (χ1n) is 8.61. The number of anilines is 2. The smallest absolute Gasteiger partial charge is 0.242 e. The standard InChI is InChI=1S/C19H24N6O/c1-12(2)16-17(13(3)6-8-20-16)23-19-18-14(7-9-21-19)25(11-22-18)10-15(26)24(4)5/h6-9,11-12H,10H2,1-5H3,(H,21,23). The molecule has 0 saturated heterocycles. The molecule has 3 rings (SSSR count). The van der Waals surface area contributed by atoms with E-state index in [2.05, 4.69) is 34.1 Å². The van der Waals surface area contributed by atoms with Gasteiger partial charge in [0, 0.05) is 26.5 Å². The lowest BCUT2D eigenvalue weighted by atomic mass is 10.0. The number of aromatic nitrogens is 4. The summed E-state index contributed by atoms with van der Waals surface area (Å²) in [4.78, 5) is 27.1. The van der Waals surface area contributed by atoms with Gasteiger partial charge in [0.05, 0.1) is 23.2 Å². The van der Waals surface area contributed by atoms with Gasteiger partial charge in [-0.15, -0.1) is 0 Å². The molecular formula is C19H24N6O. The number of nitrogens with one attached hydrogen (secondary N) is 1. The number of likely N-dealkylation sites (N-methyl/N-ethyl adjacent to an activating group) is 1. The highest BCUT2D eigenvalue weighted by molar-refractivity contribution is 5.89. The Morgan fingerprint density at radius 2 is 1.92 bits per heavy atom. The minimum Gasteiger partial charge on any atom is -0.347 e. The number of carbonyl (C=O) groups excluding carboxylic acids is 1. The van der Waals surface area contributed by atoms with Gasteiger partial charge in [-0.2, -0.15) is 0 Å². The maximum Gasteiger partial charge on any atom is 0.242 e. The minimum absolute atomic E-state index is 0.0146. The average molecular weight is 352 g/mol. The Morgan fingerprint density at radius 3 is 2.62 bits per heavy atom. The zero-order valence-electron chi connectivity index (χ0n) is 15.8. The first kappa shape index (κ1) is 17.8. The van der Waals surface area contributed by atoms with Crippen LogP contribution in [0.15, 0.2) is 30.9 Å². The molecule has 1 amide bonds. The van der Waals surface area contributed by atoms with Crippen LogP contribution in [-0.2, 0) is 11.3 Å². The summed E-state index contributed by atoms with van der Waals surface area (Å²) in [6.45, 7) is 6.52. The van der Waals surface area contributed by atoms with Crippen molar-refractivity contribution in [2.75, 3.05) is 19.4 Å². The molecule has 0 aromatic carbocycles. The Labute approximate surface area is 153 Å². The minimum atomic E-state index is 0.0146. The molecule has 7 heteroatoms. The topological polar surface area (TPSA) is 75.9 Å². The van der Waals surface area contributed by atoms with E-state index < -0.39 is 0 Å². The molecule has 0 bridgehead atoms. The van der Waals surface area contributed by atoms with Crippen LogP contribution < -0.4 is 5.32 Å². The van der Waals surface area contributed by atoms with Crippen LogP contribution in [0.1, 0.15) is 31.0 Å². The number of imidazole rings is 1.